The largest absolute Gasteiger partial charge is 0.312 e. The van der Waals surface area contributed by atoms with Crippen LogP contribution in [0.5, 0.6) is 0 Å². The van der Waals surface area contributed by atoms with Crippen LogP contribution in [0.2, 0.25) is 0 Å². The summed E-state index contributed by atoms with van der Waals surface area (Å²) in [4.78, 5) is 0. The Morgan fingerprint density at radius 1 is 1.39 bits per heavy atom. The monoisotopic (exact) mass is 311 g/mol. The zero-order valence-electron chi connectivity index (χ0n) is 11.3. The first-order valence-electron chi connectivity index (χ1n) is 5.96. The highest BCUT2D eigenvalue weighted by atomic mass is 79.9. The molecule has 0 bridgehead atoms. The molecule has 0 aliphatic rings. The molecule has 1 aromatic rings. The smallest absolute Gasteiger partial charge is 0.128 e. The Morgan fingerprint density at radius 2 is 2.06 bits per heavy atom. The first-order chi connectivity index (χ1) is 8.33. The predicted molar refractivity (Wildman–Crippen MR) is 77.7 cm³/mol. The molecule has 0 fully saturated rings. The number of rotatable bonds is 3. The zero-order valence-corrected chi connectivity index (χ0v) is 12.9. The average Bonchev–Trinajstić information content (AvgIpc) is 2.27. The van der Waals surface area contributed by atoms with Crippen molar-refractivity contribution >= 4 is 15.9 Å². The van der Waals surface area contributed by atoms with Crippen molar-refractivity contribution < 1.29 is 4.39 Å². The van der Waals surface area contributed by atoms with Gasteiger partial charge in [-0.05, 0) is 46.0 Å². The normalized spacial score (nSPS) is 12.8. The maximum absolute atomic E-state index is 13.8. The molecule has 0 aliphatic carbocycles. The van der Waals surface area contributed by atoms with E-state index in [4.69, 9.17) is 0 Å². The van der Waals surface area contributed by atoms with Gasteiger partial charge in [0.25, 0.3) is 0 Å². The Kier molecular flexibility index (Phi) is 5.37. The third kappa shape index (κ3) is 4.80. The highest BCUT2D eigenvalue weighted by Gasteiger charge is 2.13. The van der Waals surface area contributed by atoms with E-state index >= 15 is 0 Å². The van der Waals surface area contributed by atoms with E-state index in [1.54, 1.807) is 12.1 Å². The second-order valence-electron chi connectivity index (χ2n) is 5.26. The van der Waals surface area contributed by atoms with Gasteiger partial charge in [-0.3, -0.25) is 0 Å². The van der Waals surface area contributed by atoms with Crippen molar-refractivity contribution in [2.24, 2.45) is 5.41 Å². The van der Waals surface area contributed by atoms with Crippen molar-refractivity contribution in [1.82, 2.24) is 5.32 Å². The van der Waals surface area contributed by atoms with E-state index in [1.165, 1.54) is 6.07 Å². The summed E-state index contributed by atoms with van der Waals surface area (Å²) in [6, 6.07) is 4.89. The second-order valence-corrected chi connectivity index (χ2v) is 6.18. The third-order valence-electron chi connectivity index (χ3n) is 2.45. The Bertz CT molecular complexity index is 466. The lowest BCUT2D eigenvalue weighted by Gasteiger charge is -2.15. The van der Waals surface area contributed by atoms with Crippen molar-refractivity contribution in [2.75, 3.05) is 7.05 Å². The van der Waals surface area contributed by atoms with Gasteiger partial charge in [0.15, 0.2) is 0 Å². The van der Waals surface area contributed by atoms with E-state index < -0.39 is 0 Å². The quantitative estimate of drug-likeness (QED) is 0.821. The topological polar surface area (TPSA) is 12.0 Å². The summed E-state index contributed by atoms with van der Waals surface area (Å²) >= 11 is 3.36. The molecular weight excluding hydrogens is 293 g/mol. The summed E-state index contributed by atoms with van der Waals surface area (Å²) < 4.78 is 14.6. The highest BCUT2D eigenvalue weighted by molar-refractivity contribution is 9.10. The molecular formula is C15H19BrFN. The summed E-state index contributed by atoms with van der Waals surface area (Å²) in [5, 5.41) is 3.11. The molecule has 0 saturated carbocycles. The molecule has 0 saturated heterocycles. The van der Waals surface area contributed by atoms with Crippen LogP contribution in [0, 0.1) is 23.1 Å². The predicted octanol–water partition coefficient (Wildman–Crippen LogP) is 4.29. The summed E-state index contributed by atoms with van der Waals surface area (Å²) in [5.74, 6) is 6.09. The summed E-state index contributed by atoms with van der Waals surface area (Å²) in [6.45, 7) is 6.19. The molecule has 0 aromatic heterocycles. The van der Waals surface area contributed by atoms with Crippen LogP contribution in [0.4, 0.5) is 4.39 Å². The van der Waals surface area contributed by atoms with Crippen LogP contribution in [0.15, 0.2) is 22.7 Å². The molecule has 1 N–H and O–H groups in total. The van der Waals surface area contributed by atoms with Crippen LogP contribution < -0.4 is 5.32 Å². The van der Waals surface area contributed by atoms with E-state index in [0.29, 0.717) is 12.0 Å². The lowest BCUT2D eigenvalue weighted by molar-refractivity contribution is 0.540. The standard InChI is InChI=1S/C15H19BrFN/c1-15(2,3)9-5-6-14(18-4)12-10-11(16)7-8-13(12)17/h7-8,10,14,18H,6H2,1-4H3. The van der Waals surface area contributed by atoms with Crippen LogP contribution in [0.25, 0.3) is 0 Å². The lowest BCUT2D eigenvalue weighted by atomic mass is 9.96. The van der Waals surface area contributed by atoms with Crippen LogP contribution in [-0.2, 0) is 0 Å². The van der Waals surface area contributed by atoms with E-state index in [1.807, 2.05) is 7.05 Å². The molecule has 0 aliphatic heterocycles. The number of halogens is 2. The molecule has 1 unspecified atom stereocenters. The van der Waals surface area contributed by atoms with Crippen molar-refractivity contribution in [3.8, 4) is 11.8 Å². The SMILES string of the molecule is CNC(CC#CC(C)(C)C)c1cc(Br)ccc1F. The first-order valence-corrected chi connectivity index (χ1v) is 6.75. The molecule has 1 aromatic carbocycles. The van der Waals surface area contributed by atoms with Crippen molar-refractivity contribution in [3.63, 3.8) is 0 Å². The summed E-state index contributed by atoms with van der Waals surface area (Å²) in [6.07, 6.45) is 0.598. The van der Waals surface area contributed by atoms with Crippen LogP contribution >= 0.6 is 15.9 Å². The fourth-order valence-corrected chi connectivity index (χ4v) is 1.95. The summed E-state index contributed by atoms with van der Waals surface area (Å²) in [7, 11) is 1.82. The number of hydrogen-bond donors (Lipinski definition) is 1. The molecule has 1 nitrogen and oxygen atoms in total. The maximum atomic E-state index is 13.8. The van der Waals surface area contributed by atoms with Gasteiger partial charge in [-0.25, -0.2) is 4.39 Å². The minimum Gasteiger partial charge on any atom is -0.312 e. The fraction of sp³-hybridized carbons (Fsp3) is 0.467. The third-order valence-corrected chi connectivity index (χ3v) is 2.94. The zero-order chi connectivity index (χ0) is 13.8. The van der Waals surface area contributed by atoms with Gasteiger partial charge in [0.2, 0.25) is 0 Å². The van der Waals surface area contributed by atoms with Gasteiger partial charge in [-0.15, -0.1) is 5.92 Å². The minimum atomic E-state index is -0.199. The van der Waals surface area contributed by atoms with E-state index in [-0.39, 0.29) is 17.3 Å². The van der Waals surface area contributed by atoms with Gasteiger partial charge in [0, 0.05) is 27.9 Å². The van der Waals surface area contributed by atoms with Gasteiger partial charge in [0.05, 0.1) is 0 Å². The average molecular weight is 312 g/mol. The molecule has 0 spiro atoms. The molecule has 1 rings (SSSR count). The molecule has 0 radical (unpaired) electrons. The van der Waals surface area contributed by atoms with E-state index in [9.17, 15) is 4.39 Å². The molecule has 1 atom stereocenters. The maximum Gasteiger partial charge on any atom is 0.128 e. The second kappa shape index (κ2) is 6.36. The molecule has 98 valence electrons. The number of nitrogens with one attached hydrogen (secondary N) is 1. The van der Waals surface area contributed by atoms with Gasteiger partial charge in [-0.2, -0.15) is 0 Å². The molecule has 0 amide bonds. The Hall–Kier alpha value is -0.850. The van der Waals surface area contributed by atoms with E-state index in [0.717, 1.165) is 4.47 Å². The van der Waals surface area contributed by atoms with Crippen molar-refractivity contribution in [1.29, 1.82) is 0 Å². The molecule has 18 heavy (non-hydrogen) atoms. The Balaban J connectivity index is 2.89. The Morgan fingerprint density at radius 3 is 2.61 bits per heavy atom. The molecule has 3 heteroatoms. The van der Waals surface area contributed by atoms with Gasteiger partial charge in [0.1, 0.15) is 5.82 Å². The van der Waals surface area contributed by atoms with Crippen LogP contribution in [0.1, 0.15) is 38.8 Å². The van der Waals surface area contributed by atoms with Crippen molar-refractivity contribution in [3.05, 3.63) is 34.1 Å². The highest BCUT2D eigenvalue weighted by Crippen LogP contribution is 2.23. The lowest BCUT2D eigenvalue weighted by Crippen LogP contribution is -2.17. The fourth-order valence-electron chi connectivity index (χ4n) is 1.57. The van der Waals surface area contributed by atoms with E-state index in [2.05, 4.69) is 53.9 Å². The van der Waals surface area contributed by atoms with Crippen LogP contribution in [-0.4, -0.2) is 7.05 Å². The van der Waals surface area contributed by atoms with Gasteiger partial charge in [-0.1, -0.05) is 21.9 Å². The summed E-state index contributed by atoms with van der Waals surface area (Å²) in [5.41, 5.74) is 0.628. The number of benzene rings is 1. The van der Waals surface area contributed by atoms with Crippen LogP contribution in [0.3, 0.4) is 0 Å². The number of hydrogen-bond acceptors (Lipinski definition) is 1. The van der Waals surface area contributed by atoms with Gasteiger partial charge >= 0.3 is 0 Å². The molecule has 0 heterocycles. The van der Waals surface area contributed by atoms with Gasteiger partial charge < -0.3 is 5.32 Å². The first kappa shape index (κ1) is 15.2. The minimum absolute atomic E-state index is 0.0197. The Labute approximate surface area is 117 Å². The van der Waals surface area contributed by atoms with Crippen molar-refractivity contribution in [2.45, 2.75) is 33.2 Å².